The Labute approximate surface area is 174 Å². The molecular weight excluding hydrogens is 414 g/mol. The number of sulfonamides is 1. The Morgan fingerprint density at radius 3 is 2.69 bits per heavy atom. The predicted molar refractivity (Wildman–Crippen MR) is 110 cm³/mol. The summed E-state index contributed by atoms with van der Waals surface area (Å²) in [7, 11) is -3.81. The number of hydrogen-bond acceptors (Lipinski definition) is 7. The number of amides is 2. The minimum absolute atomic E-state index is 0.0277. The topological polar surface area (TPSA) is 121 Å². The Balaban J connectivity index is 1.72. The van der Waals surface area contributed by atoms with E-state index in [2.05, 4.69) is 19.4 Å². The van der Waals surface area contributed by atoms with Gasteiger partial charge < -0.3 is 10.6 Å². The molecule has 11 heteroatoms. The van der Waals surface area contributed by atoms with Gasteiger partial charge in [-0.05, 0) is 45.7 Å². The third kappa shape index (κ3) is 4.73. The van der Waals surface area contributed by atoms with Crippen molar-refractivity contribution in [1.82, 2.24) is 23.7 Å². The maximum absolute atomic E-state index is 13.2. The van der Waals surface area contributed by atoms with Gasteiger partial charge in [-0.3, -0.25) is 9.59 Å². The molecule has 0 saturated carbocycles. The summed E-state index contributed by atoms with van der Waals surface area (Å²) in [4.78, 5) is 24.8. The fraction of sp³-hybridized carbons (Fsp3) is 0.556. The molecule has 2 atom stereocenters. The molecule has 3 rings (SSSR count). The molecule has 2 heterocycles. The van der Waals surface area contributed by atoms with Crippen molar-refractivity contribution >= 4 is 44.6 Å². The fourth-order valence-electron chi connectivity index (χ4n) is 3.31. The number of nitrogens with zero attached hydrogens (tertiary/aromatic N) is 3. The number of aromatic nitrogens is 2. The SMILES string of the molecule is CC(C)NC(=O)[C@@H](C)NC(=O)C1CCCN(S(=O)(=O)c2cccc3nsnc23)C1. The van der Waals surface area contributed by atoms with Crippen molar-refractivity contribution in [2.75, 3.05) is 13.1 Å². The third-order valence-corrected chi connectivity index (χ3v) is 7.24. The van der Waals surface area contributed by atoms with Gasteiger partial charge in [-0.1, -0.05) is 6.07 Å². The Hall–Kier alpha value is -2.11. The van der Waals surface area contributed by atoms with Gasteiger partial charge >= 0.3 is 0 Å². The van der Waals surface area contributed by atoms with Crippen LogP contribution in [0.5, 0.6) is 0 Å². The molecule has 1 aliphatic heterocycles. The number of carbonyl (C=O) groups is 2. The zero-order valence-electron chi connectivity index (χ0n) is 16.6. The molecule has 1 fully saturated rings. The first-order valence-electron chi connectivity index (χ1n) is 9.52. The molecule has 1 aromatic carbocycles. The number of nitrogens with one attached hydrogen (secondary N) is 2. The summed E-state index contributed by atoms with van der Waals surface area (Å²) in [5.41, 5.74) is 0.885. The minimum atomic E-state index is -3.81. The van der Waals surface area contributed by atoms with Crippen molar-refractivity contribution in [2.45, 2.75) is 50.6 Å². The minimum Gasteiger partial charge on any atom is -0.352 e. The summed E-state index contributed by atoms with van der Waals surface area (Å²) < 4.78 is 35.9. The lowest BCUT2D eigenvalue weighted by Gasteiger charge is -2.31. The van der Waals surface area contributed by atoms with Crippen LogP contribution in [0.25, 0.3) is 11.0 Å². The van der Waals surface area contributed by atoms with Crippen LogP contribution >= 0.6 is 11.7 Å². The molecule has 2 aromatic rings. The fourth-order valence-corrected chi connectivity index (χ4v) is 5.59. The number of benzene rings is 1. The Morgan fingerprint density at radius 2 is 1.97 bits per heavy atom. The van der Waals surface area contributed by atoms with Gasteiger partial charge in [0.15, 0.2) is 0 Å². The average Bonchev–Trinajstić information content (AvgIpc) is 3.16. The zero-order valence-corrected chi connectivity index (χ0v) is 18.2. The molecule has 1 saturated heterocycles. The van der Waals surface area contributed by atoms with Gasteiger partial charge in [0.25, 0.3) is 0 Å². The molecule has 1 unspecified atom stereocenters. The summed E-state index contributed by atoms with van der Waals surface area (Å²) in [5, 5.41) is 5.45. The molecule has 0 aliphatic carbocycles. The van der Waals surface area contributed by atoms with E-state index in [1.54, 1.807) is 19.1 Å². The van der Waals surface area contributed by atoms with Crippen molar-refractivity contribution in [3.8, 4) is 0 Å². The van der Waals surface area contributed by atoms with Gasteiger partial charge in [-0.15, -0.1) is 0 Å². The largest absolute Gasteiger partial charge is 0.352 e. The molecule has 0 radical (unpaired) electrons. The number of fused-ring (bicyclic) bond motifs is 1. The van der Waals surface area contributed by atoms with Crippen LogP contribution in [0.3, 0.4) is 0 Å². The molecule has 0 bridgehead atoms. The lowest BCUT2D eigenvalue weighted by molar-refractivity contribution is -0.131. The highest BCUT2D eigenvalue weighted by atomic mass is 32.2. The van der Waals surface area contributed by atoms with Crippen LogP contribution in [0.2, 0.25) is 0 Å². The summed E-state index contributed by atoms with van der Waals surface area (Å²) in [6.45, 7) is 5.70. The van der Waals surface area contributed by atoms with Crippen molar-refractivity contribution in [2.24, 2.45) is 5.92 Å². The van der Waals surface area contributed by atoms with Crippen LogP contribution in [0.15, 0.2) is 23.1 Å². The Kier molecular flexibility index (Phi) is 6.49. The maximum Gasteiger partial charge on any atom is 0.245 e. The summed E-state index contributed by atoms with van der Waals surface area (Å²) >= 11 is 0.964. The Bertz CT molecular complexity index is 1000. The van der Waals surface area contributed by atoms with Gasteiger partial charge in [0.2, 0.25) is 21.8 Å². The van der Waals surface area contributed by atoms with Gasteiger partial charge in [0.1, 0.15) is 22.0 Å². The monoisotopic (exact) mass is 439 g/mol. The van der Waals surface area contributed by atoms with E-state index in [1.165, 1.54) is 10.4 Å². The van der Waals surface area contributed by atoms with Crippen LogP contribution in [0, 0.1) is 5.92 Å². The van der Waals surface area contributed by atoms with Crippen LogP contribution in [-0.2, 0) is 19.6 Å². The summed E-state index contributed by atoms with van der Waals surface area (Å²) in [6.07, 6.45) is 1.13. The zero-order chi connectivity index (χ0) is 21.2. The van der Waals surface area contributed by atoms with Crippen LogP contribution in [0.1, 0.15) is 33.6 Å². The highest BCUT2D eigenvalue weighted by Crippen LogP contribution is 2.28. The van der Waals surface area contributed by atoms with E-state index in [4.69, 9.17) is 0 Å². The normalized spacial score (nSPS) is 19.2. The van der Waals surface area contributed by atoms with E-state index >= 15 is 0 Å². The molecule has 29 heavy (non-hydrogen) atoms. The first-order valence-corrected chi connectivity index (χ1v) is 11.7. The van der Waals surface area contributed by atoms with Crippen molar-refractivity contribution in [3.63, 3.8) is 0 Å². The standard InChI is InChI=1S/C18H25N5O4S2/c1-11(2)19-17(24)12(3)20-18(25)13-6-5-9-23(10-13)29(26,27)15-8-4-7-14-16(15)22-28-21-14/h4,7-8,11-13H,5-6,9-10H2,1-3H3,(H,19,24)(H,20,25)/t12-,13?/m1/s1. The van der Waals surface area contributed by atoms with E-state index in [0.717, 1.165) is 11.7 Å². The van der Waals surface area contributed by atoms with Crippen LogP contribution in [-0.4, -0.2) is 58.5 Å². The second kappa shape index (κ2) is 8.72. The molecule has 1 aromatic heterocycles. The highest BCUT2D eigenvalue weighted by molar-refractivity contribution is 7.89. The van der Waals surface area contributed by atoms with E-state index in [1.807, 2.05) is 13.8 Å². The summed E-state index contributed by atoms with van der Waals surface area (Å²) in [6, 6.07) is 4.15. The quantitative estimate of drug-likeness (QED) is 0.696. The molecular formula is C18H25N5O4S2. The van der Waals surface area contributed by atoms with Crippen LogP contribution < -0.4 is 10.6 Å². The molecule has 2 N–H and O–H groups in total. The van der Waals surface area contributed by atoms with Crippen molar-refractivity contribution in [1.29, 1.82) is 0 Å². The molecule has 158 valence electrons. The average molecular weight is 440 g/mol. The smallest absolute Gasteiger partial charge is 0.245 e. The van der Waals surface area contributed by atoms with Gasteiger partial charge in [-0.2, -0.15) is 13.1 Å². The molecule has 2 amide bonds. The first kappa shape index (κ1) is 21.6. The van der Waals surface area contributed by atoms with E-state index in [0.29, 0.717) is 30.4 Å². The third-order valence-electron chi connectivity index (χ3n) is 4.80. The van der Waals surface area contributed by atoms with Crippen molar-refractivity contribution < 1.29 is 18.0 Å². The first-order chi connectivity index (χ1) is 13.7. The molecule has 9 nitrogen and oxygen atoms in total. The number of piperidine rings is 1. The second-order valence-electron chi connectivity index (χ2n) is 7.48. The van der Waals surface area contributed by atoms with Crippen molar-refractivity contribution in [3.05, 3.63) is 18.2 Å². The van der Waals surface area contributed by atoms with Gasteiger partial charge in [0, 0.05) is 19.1 Å². The van der Waals surface area contributed by atoms with Crippen LogP contribution in [0.4, 0.5) is 0 Å². The lowest BCUT2D eigenvalue weighted by atomic mass is 9.98. The van der Waals surface area contributed by atoms with Gasteiger partial charge in [-0.25, -0.2) is 8.42 Å². The molecule has 1 aliphatic rings. The maximum atomic E-state index is 13.2. The number of carbonyl (C=O) groups excluding carboxylic acids is 2. The van der Waals surface area contributed by atoms with E-state index in [9.17, 15) is 18.0 Å². The summed E-state index contributed by atoms with van der Waals surface area (Å²) in [5.74, 6) is -1.10. The van der Waals surface area contributed by atoms with Gasteiger partial charge in [0.05, 0.1) is 17.6 Å². The predicted octanol–water partition coefficient (Wildman–Crippen LogP) is 1.12. The lowest BCUT2D eigenvalue weighted by Crippen LogP contribution is -2.51. The van der Waals surface area contributed by atoms with E-state index in [-0.39, 0.29) is 29.3 Å². The molecule has 0 spiro atoms. The second-order valence-corrected chi connectivity index (χ2v) is 9.92. The Morgan fingerprint density at radius 1 is 1.21 bits per heavy atom. The van der Waals surface area contributed by atoms with E-state index < -0.39 is 22.0 Å². The number of rotatable bonds is 6. The highest BCUT2D eigenvalue weighted by Gasteiger charge is 2.35. The number of hydrogen-bond donors (Lipinski definition) is 2.